The molecule has 4 aliphatic carbocycles. The highest BCUT2D eigenvalue weighted by atomic mass is 16.7. The topological polar surface area (TPSA) is 174 Å². The molecule has 0 aromatic heterocycles. The largest absolute Gasteiger partial charge is 0.389 e. The molecule has 1 saturated heterocycles. The fourth-order valence-corrected chi connectivity index (χ4v) is 9.77. The first-order valence-corrected chi connectivity index (χ1v) is 16.6. The van der Waals surface area contributed by atoms with E-state index >= 15 is 0 Å². The molecule has 6 N–H and O–H groups in total. The minimum atomic E-state index is -1.57. The number of aliphatic hydroxyl groups excluding tert-OH is 4. The van der Waals surface area contributed by atoms with Crippen molar-refractivity contribution in [3.8, 4) is 0 Å². The zero-order valence-electron chi connectivity index (χ0n) is 27.8. The number of hydrogen-bond acceptors (Lipinski definition) is 10. The monoisotopic (exact) mass is 634 g/mol. The van der Waals surface area contributed by atoms with Crippen LogP contribution in [0.2, 0.25) is 0 Å². The number of Topliss-reactive ketones (excluding diaryl/α,β-unsaturated/α-hetero) is 2. The van der Waals surface area contributed by atoms with Gasteiger partial charge in [0.1, 0.15) is 30.2 Å². The molecule has 254 valence electrons. The highest BCUT2D eigenvalue weighted by Gasteiger charge is 2.64. The number of carbonyl (C=O) groups excluding carboxylic acids is 2. The van der Waals surface area contributed by atoms with Crippen molar-refractivity contribution in [2.75, 3.05) is 6.61 Å². The highest BCUT2D eigenvalue weighted by molar-refractivity contribution is 5.89. The van der Waals surface area contributed by atoms with Crippen molar-refractivity contribution in [3.05, 3.63) is 23.3 Å². The maximum atomic E-state index is 13.8. The van der Waals surface area contributed by atoms with Crippen LogP contribution in [0.15, 0.2) is 23.3 Å². The Morgan fingerprint density at radius 1 is 1.11 bits per heavy atom. The maximum absolute atomic E-state index is 13.8. The smallest absolute Gasteiger partial charge is 0.186 e. The number of hydrogen-bond donors (Lipinski definition) is 6. The lowest BCUT2D eigenvalue weighted by Gasteiger charge is -2.54. The van der Waals surface area contributed by atoms with Gasteiger partial charge in [-0.1, -0.05) is 46.8 Å². The van der Waals surface area contributed by atoms with Gasteiger partial charge in [0, 0.05) is 30.6 Å². The normalized spacial score (nSPS) is 44.5. The van der Waals surface area contributed by atoms with Crippen molar-refractivity contribution in [3.63, 3.8) is 0 Å². The van der Waals surface area contributed by atoms with Crippen LogP contribution in [-0.2, 0) is 19.1 Å². The van der Waals surface area contributed by atoms with Gasteiger partial charge in [-0.25, -0.2) is 0 Å². The van der Waals surface area contributed by atoms with E-state index in [-0.39, 0.29) is 36.8 Å². The van der Waals surface area contributed by atoms with Crippen molar-refractivity contribution >= 4 is 11.6 Å². The van der Waals surface area contributed by atoms with Crippen molar-refractivity contribution in [1.82, 2.24) is 0 Å². The Labute approximate surface area is 266 Å². The van der Waals surface area contributed by atoms with Gasteiger partial charge in [0.15, 0.2) is 12.1 Å². The van der Waals surface area contributed by atoms with Crippen LogP contribution in [0.5, 0.6) is 0 Å². The van der Waals surface area contributed by atoms with Gasteiger partial charge in [-0.2, -0.15) is 0 Å². The molecule has 2 saturated carbocycles. The predicted octanol–water partition coefficient (Wildman–Crippen LogP) is 2.36. The van der Waals surface area contributed by atoms with Gasteiger partial charge in [-0.3, -0.25) is 9.59 Å². The van der Waals surface area contributed by atoms with E-state index in [1.807, 2.05) is 6.92 Å². The second kappa shape index (κ2) is 11.6. The van der Waals surface area contributed by atoms with E-state index in [0.29, 0.717) is 38.5 Å². The second-order valence-corrected chi connectivity index (χ2v) is 16.4. The molecule has 0 spiro atoms. The minimum absolute atomic E-state index is 0.00432. The molecular formula is C35H54O10. The number of ketones is 2. The van der Waals surface area contributed by atoms with Crippen LogP contribution in [0.4, 0.5) is 0 Å². The first-order valence-electron chi connectivity index (χ1n) is 16.6. The van der Waals surface area contributed by atoms with Gasteiger partial charge < -0.3 is 40.1 Å². The van der Waals surface area contributed by atoms with Crippen molar-refractivity contribution < 1.29 is 49.7 Å². The molecule has 1 aliphatic heterocycles. The summed E-state index contributed by atoms with van der Waals surface area (Å²) in [7, 11) is 0. The first kappa shape index (κ1) is 34.8. The van der Waals surface area contributed by atoms with Crippen LogP contribution >= 0.6 is 0 Å². The maximum Gasteiger partial charge on any atom is 0.186 e. The SMILES string of the molecule is C[C@H](CC(=O)[C@H](O)C(C)(C)O)[C@H]1C(=O)C[C@@]2(C)C3=CC[C@H]4C(C)(C)[C@@H](O[C@@H]5OC[C@@H](O)[C@H](O)[C@H]5O)CC[C@@]4(O)CC3=CC[C@]12C. The molecule has 3 fully saturated rings. The Bertz CT molecular complexity index is 1250. The molecule has 1 heterocycles. The summed E-state index contributed by atoms with van der Waals surface area (Å²) in [6, 6.07) is 0. The molecule has 0 amide bonds. The van der Waals surface area contributed by atoms with Crippen molar-refractivity contribution in [2.24, 2.45) is 34.0 Å². The first-order chi connectivity index (χ1) is 20.7. The van der Waals surface area contributed by atoms with E-state index < -0.39 is 69.9 Å². The van der Waals surface area contributed by atoms with Gasteiger partial charge in [-0.15, -0.1) is 0 Å². The third-order valence-corrected chi connectivity index (χ3v) is 12.6. The third kappa shape index (κ3) is 5.61. The van der Waals surface area contributed by atoms with E-state index in [0.717, 1.165) is 11.1 Å². The molecule has 0 unspecified atom stereocenters. The summed E-state index contributed by atoms with van der Waals surface area (Å²) in [5.41, 5.74) is -1.96. The molecule has 0 aromatic carbocycles. The molecule has 5 rings (SSSR count). The number of fused-ring (bicyclic) bond motifs is 4. The fourth-order valence-electron chi connectivity index (χ4n) is 9.77. The molecular weight excluding hydrogens is 580 g/mol. The second-order valence-electron chi connectivity index (χ2n) is 16.4. The van der Waals surface area contributed by atoms with E-state index in [1.165, 1.54) is 13.8 Å². The predicted molar refractivity (Wildman–Crippen MR) is 165 cm³/mol. The summed E-state index contributed by atoms with van der Waals surface area (Å²) < 4.78 is 11.8. The molecule has 10 heteroatoms. The van der Waals surface area contributed by atoms with Crippen LogP contribution in [-0.4, -0.2) is 96.8 Å². The van der Waals surface area contributed by atoms with Gasteiger partial charge in [0.2, 0.25) is 0 Å². The van der Waals surface area contributed by atoms with Crippen LogP contribution in [0, 0.1) is 34.0 Å². The van der Waals surface area contributed by atoms with Crippen LogP contribution in [0.25, 0.3) is 0 Å². The van der Waals surface area contributed by atoms with Gasteiger partial charge in [0.05, 0.1) is 23.9 Å². The van der Waals surface area contributed by atoms with Gasteiger partial charge in [0.25, 0.3) is 0 Å². The Balaban J connectivity index is 1.40. The number of carbonyl (C=O) groups is 2. The zero-order valence-corrected chi connectivity index (χ0v) is 27.8. The highest BCUT2D eigenvalue weighted by Crippen LogP contribution is 2.67. The molecule has 10 nitrogen and oxygen atoms in total. The number of rotatable bonds is 7. The van der Waals surface area contributed by atoms with E-state index in [4.69, 9.17) is 9.47 Å². The Morgan fingerprint density at radius 3 is 2.42 bits per heavy atom. The van der Waals surface area contributed by atoms with Gasteiger partial charge in [-0.05, 0) is 73.3 Å². The Morgan fingerprint density at radius 2 is 1.78 bits per heavy atom. The third-order valence-electron chi connectivity index (χ3n) is 12.6. The quantitative estimate of drug-likeness (QED) is 0.244. The number of aliphatic hydroxyl groups is 6. The summed E-state index contributed by atoms with van der Waals surface area (Å²) in [5, 5.41) is 63.4. The minimum Gasteiger partial charge on any atom is -0.389 e. The molecule has 0 aromatic rings. The molecule has 45 heavy (non-hydrogen) atoms. The summed E-state index contributed by atoms with van der Waals surface area (Å²) in [6.45, 7) is 12.9. The molecule has 0 radical (unpaired) electrons. The summed E-state index contributed by atoms with van der Waals surface area (Å²) in [5.74, 6) is -1.31. The molecule has 0 bridgehead atoms. The summed E-state index contributed by atoms with van der Waals surface area (Å²) in [4.78, 5) is 26.7. The summed E-state index contributed by atoms with van der Waals surface area (Å²) in [6.07, 6.45) is 0.368. The molecule has 5 aliphatic rings. The van der Waals surface area contributed by atoms with Crippen LogP contribution < -0.4 is 0 Å². The number of ether oxygens (including phenoxy) is 2. The molecule has 12 atom stereocenters. The van der Waals surface area contributed by atoms with E-state index in [9.17, 15) is 40.2 Å². The van der Waals surface area contributed by atoms with Crippen LogP contribution in [0.3, 0.4) is 0 Å². The van der Waals surface area contributed by atoms with Gasteiger partial charge >= 0.3 is 0 Å². The van der Waals surface area contributed by atoms with E-state index in [1.54, 1.807) is 0 Å². The van der Waals surface area contributed by atoms with Crippen LogP contribution in [0.1, 0.15) is 93.4 Å². The average Bonchev–Trinajstić information content (AvgIpc) is 3.03. The lowest BCUT2D eigenvalue weighted by atomic mass is 9.53. The van der Waals surface area contributed by atoms with Crippen molar-refractivity contribution in [1.29, 1.82) is 0 Å². The standard InChI is InChI=1S/C35H54O10/c1-18(14-21(36)29(41)32(4,5)42)26-22(37)16-34(7)20-8-9-24-31(2,3)25(45-30-28(40)27(39)23(38)17-44-30)11-13-35(24,43)15-19(20)10-12-33(26,34)6/h8,10,18,23-30,38-43H,9,11-17H2,1-7H3/t18-,23-,24+,25+,26+,27+,28-,29+,30+,33-,34+,35-/m1/s1. The lowest BCUT2D eigenvalue weighted by Crippen LogP contribution is -2.59. The van der Waals surface area contributed by atoms with Crippen molar-refractivity contribution in [2.45, 2.75) is 141 Å². The Kier molecular flexibility index (Phi) is 8.96. The number of allylic oxidation sites excluding steroid dienone is 3. The average molecular weight is 635 g/mol. The Hall–Kier alpha value is -1.50. The summed E-state index contributed by atoms with van der Waals surface area (Å²) >= 11 is 0. The fraction of sp³-hybridized carbons (Fsp3) is 0.829. The zero-order chi connectivity index (χ0) is 33.5. The van der Waals surface area contributed by atoms with E-state index in [2.05, 4.69) is 39.8 Å². The lowest BCUT2D eigenvalue weighted by molar-refractivity contribution is -0.304.